The Bertz CT molecular complexity index is 671. The molecule has 1 fully saturated rings. The van der Waals surface area contributed by atoms with Crippen molar-refractivity contribution in [2.24, 2.45) is 0 Å². The molecule has 2 aromatic rings. The van der Waals surface area contributed by atoms with Crippen LogP contribution in [0.4, 0.5) is 5.13 Å². The van der Waals surface area contributed by atoms with Crippen LogP contribution in [0.3, 0.4) is 0 Å². The van der Waals surface area contributed by atoms with Gasteiger partial charge in [0.15, 0.2) is 0 Å². The third kappa shape index (κ3) is 3.61. The average Bonchev–Trinajstić information content (AvgIpc) is 2.99. The van der Waals surface area contributed by atoms with Crippen molar-refractivity contribution in [3.05, 3.63) is 5.01 Å². The predicted octanol–water partition coefficient (Wildman–Crippen LogP) is 1.89. The molecule has 1 N–H and O–H groups in total. The van der Waals surface area contributed by atoms with E-state index in [0.717, 1.165) is 17.8 Å². The maximum absolute atomic E-state index is 12.0. The molecule has 8 nitrogen and oxygen atoms in total. The fourth-order valence-corrected chi connectivity index (χ4v) is 3.25. The molecule has 22 heavy (non-hydrogen) atoms. The Balaban J connectivity index is 1.54. The van der Waals surface area contributed by atoms with E-state index in [9.17, 15) is 4.79 Å². The standard InChI is InChI=1S/C12H17N7OS2/c1-12(2,3)9-14-15-10(22-9)13-8(20)6-21-11-16-17-18-19(11)7-4-5-7/h7H,4-6H2,1-3H3,(H,13,15,20). The largest absolute Gasteiger partial charge is 0.300 e. The number of hydrogen-bond acceptors (Lipinski definition) is 8. The second-order valence-corrected chi connectivity index (χ2v) is 8.06. The summed E-state index contributed by atoms with van der Waals surface area (Å²) >= 11 is 2.73. The molecule has 1 amide bonds. The van der Waals surface area contributed by atoms with E-state index in [2.05, 4.69) is 51.8 Å². The summed E-state index contributed by atoms with van der Waals surface area (Å²) in [7, 11) is 0. The van der Waals surface area contributed by atoms with Gasteiger partial charge >= 0.3 is 0 Å². The first-order chi connectivity index (χ1) is 10.4. The summed E-state index contributed by atoms with van der Waals surface area (Å²) in [6, 6.07) is 0.401. The molecule has 3 rings (SSSR count). The molecule has 0 atom stereocenters. The first-order valence-electron chi connectivity index (χ1n) is 6.98. The maximum Gasteiger partial charge on any atom is 0.236 e. The van der Waals surface area contributed by atoms with E-state index in [0.29, 0.717) is 16.3 Å². The average molecular weight is 339 g/mol. The summed E-state index contributed by atoms with van der Waals surface area (Å²) in [6.45, 7) is 6.19. The van der Waals surface area contributed by atoms with Crippen LogP contribution in [0.2, 0.25) is 0 Å². The van der Waals surface area contributed by atoms with Gasteiger partial charge in [0, 0.05) is 5.41 Å². The van der Waals surface area contributed by atoms with Gasteiger partial charge in [-0.25, -0.2) is 4.68 Å². The normalized spacial score (nSPS) is 15.0. The van der Waals surface area contributed by atoms with Gasteiger partial charge in [-0.3, -0.25) is 10.1 Å². The number of carbonyl (C=O) groups excluding carboxylic acids is 1. The molecule has 0 aromatic carbocycles. The first-order valence-corrected chi connectivity index (χ1v) is 8.78. The topological polar surface area (TPSA) is 98.5 Å². The summed E-state index contributed by atoms with van der Waals surface area (Å²) in [6.07, 6.45) is 2.20. The van der Waals surface area contributed by atoms with Crippen molar-refractivity contribution in [3.63, 3.8) is 0 Å². The molecular formula is C12H17N7OS2. The lowest BCUT2D eigenvalue weighted by Crippen LogP contribution is -2.14. The van der Waals surface area contributed by atoms with E-state index < -0.39 is 0 Å². The fraction of sp³-hybridized carbons (Fsp3) is 0.667. The number of nitrogens with one attached hydrogen (secondary N) is 1. The number of thioether (sulfide) groups is 1. The molecule has 0 aliphatic heterocycles. The Morgan fingerprint density at radius 2 is 2.14 bits per heavy atom. The second kappa shape index (κ2) is 5.92. The van der Waals surface area contributed by atoms with Crippen molar-refractivity contribution in [1.82, 2.24) is 30.4 Å². The Kier molecular flexibility index (Phi) is 4.13. The second-order valence-electron chi connectivity index (χ2n) is 6.14. The highest BCUT2D eigenvalue weighted by Gasteiger charge is 2.28. The molecule has 0 spiro atoms. The molecule has 1 aliphatic carbocycles. The maximum atomic E-state index is 12.0. The number of hydrogen-bond donors (Lipinski definition) is 1. The van der Waals surface area contributed by atoms with Crippen molar-refractivity contribution in [2.75, 3.05) is 11.1 Å². The lowest BCUT2D eigenvalue weighted by Gasteiger charge is -2.12. The van der Waals surface area contributed by atoms with Crippen LogP contribution in [-0.4, -0.2) is 42.1 Å². The zero-order valence-corrected chi connectivity index (χ0v) is 14.2. The van der Waals surface area contributed by atoms with Gasteiger partial charge < -0.3 is 0 Å². The third-order valence-electron chi connectivity index (χ3n) is 3.00. The fourth-order valence-electron chi connectivity index (χ4n) is 1.69. The van der Waals surface area contributed by atoms with Gasteiger partial charge in [-0.2, -0.15) is 0 Å². The molecule has 10 heteroatoms. The van der Waals surface area contributed by atoms with Gasteiger partial charge in [0.2, 0.25) is 16.2 Å². The van der Waals surface area contributed by atoms with E-state index in [1.807, 2.05) is 0 Å². The van der Waals surface area contributed by atoms with Gasteiger partial charge in [0.25, 0.3) is 0 Å². The van der Waals surface area contributed by atoms with Gasteiger partial charge in [-0.1, -0.05) is 43.9 Å². The zero-order chi connectivity index (χ0) is 15.7. The van der Waals surface area contributed by atoms with Crippen LogP contribution in [-0.2, 0) is 10.2 Å². The Labute approximate surface area is 136 Å². The molecule has 0 bridgehead atoms. The van der Waals surface area contributed by atoms with Gasteiger partial charge in [-0.15, -0.1) is 15.3 Å². The molecular weight excluding hydrogens is 322 g/mol. The van der Waals surface area contributed by atoms with Crippen molar-refractivity contribution in [1.29, 1.82) is 0 Å². The van der Waals surface area contributed by atoms with E-state index >= 15 is 0 Å². The van der Waals surface area contributed by atoms with Crippen LogP contribution in [0.1, 0.15) is 44.7 Å². The number of tetrazole rings is 1. The van der Waals surface area contributed by atoms with E-state index in [1.165, 1.54) is 23.1 Å². The summed E-state index contributed by atoms with van der Waals surface area (Å²) < 4.78 is 1.79. The van der Waals surface area contributed by atoms with Crippen molar-refractivity contribution in [2.45, 2.75) is 50.2 Å². The molecule has 2 heterocycles. The first kappa shape index (κ1) is 15.3. The molecule has 0 radical (unpaired) electrons. The van der Waals surface area contributed by atoms with Crippen molar-refractivity contribution >= 4 is 34.1 Å². The van der Waals surface area contributed by atoms with Gasteiger partial charge in [0.1, 0.15) is 5.01 Å². The molecule has 2 aromatic heterocycles. The molecule has 0 saturated heterocycles. The summed E-state index contributed by atoms with van der Waals surface area (Å²) in [5.74, 6) is 0.115. The van der Waals surface area contributed by atoms with Crippen LogP contribution in [0.15, 0.2) is 5.16 Å². The number of amides is 1. The lowest BCUT2D eigenvalue weighted by molar-refractivity contribution is -0.113. The highest BCUT2D eigenvalue weighted by Crippen LogP contribution is 2.36. The molecule has 1 saturated carbocycles. The van der Waals surface area contributed by atoms with Crippen molar-refractivity contribution < 1.29 is 4.79 Å². The third-order valence-corrected chi connectivity index (χ3v) is 5.20. The highest BCUT2D eigenvalue weighted by molar-refractivity contribution is 7.99. The number of aromatic nitrogens is 6. The molecule has 0 unspecified atom stereocenters. The molecule has 1 aliphatic rings. The van der Waals surface area contributed by atoms with E-state index in [1.54, 1.807) is 4.68 Å². The Hall–Kier alpha value is -1.55. The van der Waals surface area contributed by atoms with Crippen molar-refractivity contribution in [3.8, 4) is 0 Å². The minimum atomic E-state index is -0.132. The van der Waals surface area contributed by atoms with Gasteiger partial charge in [-0.05, 0) is 23.3 Å². The SMILES string of the molecule is CC(C)(C)c1nnc(NC(=O)CSc2nnnn2C2CC2)s1. The summed E-state index contributed by atoms with van der Waals surface area (Å²) in [5.41, 5.74) is -0.0677. The van der Waals surface area contributed by atoms with Crippen LogP contribution >= 0.6 is 23.1 Å². The van der Waals surface area contributed by atoms with Crippen LogP contribution in [0.25, 0.3) is 0 Å². The van der Waals surface area contributed by atoms with Crippen LogP contribution in [0, 0.1) is 0 Å². The van der Waals surface area contributed by atoms with E-state index in [-0.39, 0.29) is 17.1 Å². The Morgan fingerprint density at radius 3 is 2.77 bits per heavy atom. The van der Waals surface area contributed by atoms with Gasteiger partial charge in [0.05, 0.1) is 11.8 Å². The number of nitrogens with zero attached hydrogens (tertiary/aromatic N) is 6. The highest BCUT2D eigenvalue weighted by atomic mass is 32.2. The summed E-state index contributed by atoms with van der Waals surface area (Å²) in [4.78, 5) is 12.0. The molecule has 118 valence electrons. The monoisotopic (exact) mass is 339 g/mol. The lowest BCUT2D eigenvalue weighted by atomic mass is 9.98. The minimum Gasteiger partial charge on any atom is -0.300 e. The number of anilines is 1. The number of rotatable bonds is 5. The summed E-state index contributed by atoms with van der Waals surface area (Å²) in [5, 5.41) is 24.6. The quantitative estimate of drug-likeness (QED) is 0.830. The zero-order valence-electron chi connectivity index (χ0n) is 12.6. The van der Waals surface area contributed by atoms with E-state index in [4.69, 9.17) is 0 Å². The van der Waals surface area contributed by atoms with Crippen LogP contribution < -0.4 is 5.32 Å². The smallest absolute Gasteiger partial charge is 0.236 e. The van der Waals surface area contributed by atoms with Crippen LogP contribution in [0.5, 0.6) is 0 Å². The minimum absolute atomic E-state index is 0.0677. The predicted molar refractivity (Wildman–Crippen MR) is 84.1 cm³/mol. The Morgan fingerprint density at radius 1 is 1.36 bits per heavy atom. The number of carbonyl (C=O) groups is 1.